The van der Waals surface area contributed by atoms with Crippen molar-refractivity contribution in [2.75, 3.05) is 26.0 Å². The number of rotatable bonds is 9. The van der Waals surface area contributed by atoms with Gasteiger partial charge in [0.1, 0.15) is 5.75 Å². The molecule has 0 saturated heterocycles. The fourth-order valence-electron chi connectivity index (χ4n) is 2.87. The molecule has 0 fully saturated rings. The van der Waals surface area contributed by atoms with E-state index in [4.69, 9.17) is 25.5 Å². The second-order valence-corrected chi connectivity index (χ2v) is 9.14. The van der Waals surface area contributed by atoms with Gasteiger partial charge in [0.25, 0.3) is 16.0 Å². The number of aliphatic imine (C=N–C) groups is 1. The Morgan fingerprint density at radius 1 is 1.00 bits per heavy atom. The van der Waals surface area contributed by atoms with Crippen molar-refractivity contribution in [3.8, 4) is 5.75 Å². The van der Waals surface area contributed by atoms with E-state index in [2.05, 4.69) is 4.99 Å². The fourth-order valence-corrected chi connectivity index (χ4v) is 2.87. The van der Waals surface area contributed by atoms with Gasteiger partial charge in [0.15, 0.2) is 12.6 Å². The lowest BCUT2D eigenvalue weighted by Crippen LogP contribution is -2.34. The molecule has 0 aromatic heterocycles. The summed E-state index contributed by atoms with van der Waals surface area (Å²) in [4.78, 5) is 42.1. The molecule has 2 aromatic carbocycles. The zero-order chi connectivity index (χ0) is 28.2. The van der Waals surface area contributed by atoms with Crippen molar-refractivity contribution in [2.24, 2.45) is 16.5 Å². The van der Waals surface area contributed by atoms with E-state index in [1.165, 1.54) is 0 Å². The van der Waals surface area contributed by atoms with Crippen molar-refractivity contribution in [1.29, 1.82) is 0 Å². The number of hydrogen-bond donors (Lipinski definition) is 3. The normalized spacial score (nSPS) is 11.3. The predicted octanol–water partition coefficient (Wildman–Crippen LogP) is 1.83. The summed E-state index contributed by atoms with van der Waals surface area (Å²) in [5.41, 5.74) is 12.2. The number of carbonyl (C=O) groups excluding carboxylic acids is 3. The van der Waals surface area contributed by atoms with Gasteiger partial charge in [-0.15, -0.1) is 0 Å². The molecule has 5 N–H and O–H groups in total. The molecule has 0 saturated carbocycles. The standard InChI is InChI=1S/C23H28N4O5.CH4O3S/c1-4-27(5-2)20(28)14-31-21(29)15(3)16-8-12-19(13-9-16)32-22(30)17-6-10-18(11-7-17)26-23(24)25;1-5(2,3)4/h6-13,15H,4-5,14H2,1-3H3,(H4,24,25,26);1H3,(H,2,3,4). The predicted molar refractivity (Wildman–Crippen MR) is 138 cm³/mol. The number of nitrogens with zero attached hydrogens (tertiary/aromatic N) is 2. The molecule has 1 atom stereocenters. The van der Waals surface area contributed by atoms with E-state index in [-0.39, 0.29) is 18.5 Å². The summed E-state index contributed by atoms with van der Waals surface area (Å²) in [6.45, 7) is 6.24. The molecule has 2 aromatic rings. The number of esters is 2. The van der Waals surface area contributed by atoms with Gasteiger partial charge >= 0.3 is 11.9 Å². The highest BCUT2D eigenvalue weighted by atomic mass is 32.2. The molecular weight excluding hydrogens is 504 g/mol. The largest absolute Gasteiger partial charge is 0.455 e. The molecule has 37 heavy (non-hydrogen) atoms. The Kier molecular flexibility index (Phi) is 12.2. The summed E-state index contributed by atoms with van der Waals surface area (Å²) in [6.07, 6.45) is 0.715. The molecule has 0 bridgehead atoms. The zero-order valence-electron chi connectivity index (χ0n) is 21.1. The number of benzene rings is 2. The van der Waals surface area contributed by atoms with E-state index in [0.717, 1.165) is 0 Å². The Labute approximate surface area is 216 Å². The first kappa shape index (κ1) is 31.1. The highest BCUT2D eigenvalue weighted by Crippen LogP contribution is 2.22. The van der Waals surface area contributed by atoms with Crippen LogP contribution >= 0.6 is 0 Å². The van der Waals surface area contributed by atoms with Crippen molar-refractivity contribution in [2.45, 2.75) is 26.7 Å². The van der Waals surface area contributed by atoms with Crippen molar-refractivity contribution in [3.05, 3.63) is 59.7 Å². The van der Waals surface area contributed by atoms with Crippen LogP contribution in [0, 0.1) is 0 Å². The second-order valence-electron chi connectivity index (χ2n) is 7.67. The van der Waals surface area contributed by atoms with Crippen LogP contribution in [0.1, 0.15) is 42.6 Å². The van der Waals surface area contributed by atoms with E-state index in [1.807, 2.05) is 13.8 Å². The third kappa shape index (κ3) is 12.0. The van der Waals surface area contributed by atoms with Gasteiger partial charge < -0.3 is 25.8 Å². The summed E-state index contributed by atoms with van der Waals surface area (Å²) < 4.78 is 36.4. The van der Waals surface area contributed by atoms with Crippen LogP contribution in [-0.4, -0.2) is 67.6 Å². The Morgan fingerprint density at radius 3 is 1.97 bits per heavy atom. The van der Waals surface area contributed by atoms with Crippen LogP contribution < -0.4 is 16.2 Å². The number of amides is 1. The molecule has 0 heterocycles. The molecular formula is C24H32N4O8S. The van der Waals surface area contributed by atoms with Gasteiger partial charge in [-0.05, 0) is 62.7 Å². The second kappa shape index (κ2) is 14.6. The monoisotopic (exact) mass is 536 g/mol. The Morgan fingerprint density at radius 2 is 1.51 bits per heavy atom. The van der Waals surface area contributed by atoms with E-state index < -0.39 is 28.0 Å². The summed E-state index contributed by atoms with van der Waals surface area (Å²) >= 11 is 0. The van der Waals surface area contributed by atoms with Crippen molar-refractivity contribution in [3.63, 3.8) is 0 Å². The summed E-state index contributed by atoms with van der Waals surface area (Å²) in [5, 5.41) is 0. The molecule has 1 unspecified atom stereocenters. The van der Waals surface area contributed by atoms with Crippen LogP contribution in [0.4, 0.5) is 5.69 Å². The molecule has 0 aliphatic rings. The van der Waals surface area contributed by atoms with Crippen molar-refractivity contribution < 1.29 is 36.8 Å². The quantitative estimate of drug-likeness (QED) is 0.140. The van der Waals surface area contributed by atoms with E-state index >= 15 is 0 Å². The molecule has 0 spiro atoms. The number of guanidine groups is 1. The average Bonchev–Trinajstić information content (AvgIpc) is 2.82. The van der Waals surface area contributed by atoms with Gasteiger partial charge in [-0.3, -0.25) is 14.1 Å². The summed E-state index contributed by atoms with van der Waals surface area (Å²) in [5.74, 6) is -1.61. The highest BCUT2D eigenvalue weighted by Gasteiger charge is 2.20. The minimum atomic E-state index is -3.67. The van der Waals surface area contributed by atoms with Crippen LogP contribution in [0.5, 0.6) is 5.75 Å². The first-order chi connectivity index (χ1) is 17.2. The molecule has 0 aliphatic heterocycles. The lowest BCUT2D eigenvalue weighted by molar-refractivity contribution is -0.152. The van der Waals surface area contributed by atoms with E-state index in [9.17, 15) is 22.8 Å². The lowest BCUT2D eigenvalue weighted by Gasteiger charge is -2.19. The number of ether oxygens (including phenoxy) is 2. The number of hydrogen-bond acceptors (Lipinski definition) is 8. The van der Waals surface area contributed by atoms with Crippen molar-refractivity contribution >= 4 is 39.6 Å². The first-order valence-electron chi connectivity index (χ1n) is 11.1. The number of nitrogens with two attached hydrogens (primary N) is 2. The maximum atomic E-state index is 12.3. The average molecular weight is 537 g/mol. The molecule has 202 valence electrons. The Bertz CT molecular complexity index is 1180. The SMILES string of the molecule is CCN(CC)C(=O)COC(=O)C(C)c1ccc(OC(=O)c2ccc(N=C(N)N)cc2)cc1.CS(=O)(=O)O. The smallest absolute Gasteiger partial charge is 0.343 e. The van der Waals surface area contributed by atoms with E-state index in [0.29, 0.717) is 41.9 Å². The fraction of sp³-hybridized carbons (Fsp3) is 0.333. The molecule has 0 aliphatic carbocycles. The maximum Gasteiger partial charge on any atom is 0.343 e. The lowest BCUT2D eigenvalue weighted by atomic mass is 10.0. The minimum absolute atomic E-state index is 0.0750. The van der Waals surface area contributed by atoms with Crippen LogP contribution in [0.2, 0.25) is 0 Å². The maximum absolute atomic E-state index is 12.3. The molecule has 13 heteroatoms. The van der Waals surface area contributed by atoms with Crippen LogP contribution in [0.15, 0.2) is 53.5 Å². The van der Waals surface area contributed by atoms with Gasteiger partial charge in [-0.1, -0.05) is 12.1 Å². The number of carbonyl (C=O) groups is 3. The van der Waals surface area contributed by atoms with Crippen molar-refractivity contribution in [1.82, 2.24) is 4.90 Å². The van der Waals surface area contributed by atoms with Crippen LogP contribution in [0.25, 0.3) is 0 Å². The van der Waals surface area contributed by atoms with E-state index in [1.54, 1.807) is 60.4 Å². The molecule has 2 rings (SSSR count). The van der Waals surface area contributed by atoms with Gasteiger partial charge in [0, 0.05) is 13.1 Å². The van der Waals surface area contributed by atoms with Crippen LogP contribution in [0.3, 0.4) is 0 Å². The Hall–Kier alpha value is -3.97. The van der Waals surface area contributed by atoms with Gasteiger partial charge in [0.05, 0.1) is 23.4 Å². The highest BCUT2D eigenvalue weighted by molar-refractivity contribution is 7.85. The summed E-state index contributed by atoms with van der Waals surface area (Å²) in [7, 11) is -3.67. The Balaban J connectivity index is 0.00000124. The summed E-state index contributed by atoms with van der Waals surface area (Å²) in [6, 6.07) is 12.8. The third-order valence-electron chi connectivity index (χ3n) is 4.76. The molecule has 1 amide bonds. The topological polar surface area (TPSA) is 192 Å². The minimum Gasteiger partial charge on any atom is -0.455 e. The number of likely N-dealkylation sites (N-methyl/N-ethyl adjacent to an activating group) is 1. The third-order valence-corrected chi connectivity index (χ3v) is 4.76. The zero-order valence-corrected chi connectivity index (χ0v) is 21.9. The van der Waals surface area contributed by atoms with Gasteiger partial charge in [-0.2, -0.15) is 8.42 Å². The van der Waals surface area contributed by atoms with Gasteiger partial charge in [0.2, 0.25) is 0 Å². The molecule has 0 radical (unpaired) electrons. The van der Waals surface area contributed by atoms with Gasteiger partial charge in [-0.25, -0.2) is 9.79 Å². The molecule has 12 nitrogen and oxygen atoms in total. The van der Waals surface area contributed by atoms with Crippen LogP contribution in [-0.2, 0) is 24.4 Å². The first-order valence-corrected chi connectivity index (χ1v) is 13.0.